The van der Waals surface area contributed by atoms with Crippen LogP contribution in [0.4, 0.5) is 0 Å². The number of carbonyl (C=O) groups is 1. The molecule has 0 radical (unpaired) electrons. The van der Waals surface area contributed by atoms with Crippen molar-refractivity contribution in [3.8, 4) is 0 Å². The van der Waals surface area contributed by atoms with Crippen molar-refractivity contribution in [3.05, 3.63) is 12.2 Å². The number of aliphatic hydroxyl groups excluding tert-OH is 14. The van der Waals surface area contributed by atoms with Crippen LogP contribution in [0.15, 0.2) is 12.2 Å². The van der Waals surface area contributed by atoms with E-state index in [9.17, 15) is 76.3 Å². The molecule has 0 aromatic rings. The first-order valence-corrected chi connectivity index (χ1v) is 23.3. The van der Waals surface area contributed by atoms with Crippen LogP contribution >= 0.6 is 0 Å². The number of fused-ring (bicyclic) bond motifs is 3. The van der Waals surface area contributed by atoms with Gasteiger partial charge in [-0.05, 0) is 87.4 Å². The molecule has 0 bridgehead atoms. The molecule has 0 aromatic carbocycles. The van der Waals surface area contributed by atoms with Crippen molar-refractivity contribution in [1.29, 1.82) is 0 Å². The fraction of sp³-hybridized carbons (Fsp3) is 0.932. The molecule has 7 aliphatic rings. The number of rotatable bonds is 12. The van der Waals surface area contributed by atoms with Gasteiger partial charge in [0.1, 0.15) is 91.6 Å². The van der Waals surface area contributed by atoms with E-state index < -0.39 is 160 Å². The molecule has 7 fully saturated rings. The van der Waals surface area contributed by atoms with E-state index in [0.717, 1.165) is 24.8 Å². The molecule has 14 N–H and O–H groups in total. The minimum atomic E-state index is -1.89. The molecule has 23 unspecified atom stereocenters. The van der Waals surface area contributed by atoms with E-state index in [1.165, 1.54) is 0 Å². The number of hydrogen-bond acceptors (Lipinski definition) is 22. The van der Waals surface area contributed by atoms with Crippen LogP contribution in [0.3, 0.4) is 0 Å². The number of ether oxygens (including phenoxy) is 7. The number of hydrogen-bond donors (Lipinski definition) is 14. The van der Waals surface area contributed by atoms with E-state index in [1.54, 1.807) is 0 Å². The van der Waals surface area contributed by atoms with Crippen LogP contribution < -0.4 is 0 Å². The topological polar surface area (TPSA) is 365 Å². The minimum absolute atomic E-state index is 0.112. The van der Waals surface area contributed by atoms with Gasteiger partial charge in [-0.25, -0.2) is 0 Å². The summed E-state index contributed by atoms with van der Waals surface area (Å²) in [7, 11) is 0. The summed E-state index contributed by atoms with van der Waals surface area (Å²) >= 11 is 0. The molecule has 3 saturated carbocycles. The SMILES string of the molecule is C=C1CC2CCC3[C@](C)(C(=O)OC4OC(CO)C(O)C(O)C4OC4OC(CO)C(O)C(O)C4O)CCC[C@@]3(C)[C@@H]2CCC1CC1OC(CO)C(O)C(OC2OC(CO)C(O)C(O)C2O)C1O. The Labute approximate surface area is 382 Å². The van der Waals surface area contributed by atoms with Crippen molar-refractivity contribution in [2.24, 2.45) is 34.5 Å². The first-order chi connectivity index (χ1) is 31.2. The summed E-state index contributed by atoms with van der Waals surface area (Å²) in [5.74, 6) is -0.769. The summed E-state index contributed by atoms with van der Waals surface area (Å²) in [6.45, 7) is 5.61. The van der Waals surface area contributed by atoms with Crippen LogP contribution in [-0.4, -0.2) is 227 Å². The van der Waals surface area contributed by atoms with Crippen molar-refractivity contribution in [2.75, 3.05) is 26.4 Å². The third-order valence-corrected chi connectivity index (χ3v) is 16.4. The van der Waals surface area contributed by atoms with Crippen LogP contribution in [0, 0.1) is 34.5 Å². The number of aliphatic hydroxyl groups is 14. The summed E-state index contributed by atoms with van der Waals surface area (Å²) in [6, 6.07) is 0. The lowest BCUT2D eigenvalue weighted by atomic mass is 9.45. The summed E-state index contributed by atoms with van der Waals surface area (Å²) in [4.78, 5) is 14.6. The minimum Gasteiger partial charge on any atom is -0.432 e. The highest BCUT2D eigenvalue weighted by Gasteiger charge is 2.61. The molecule has 22 nitrogen and oxygen atoms in total. The van der Waals surface area contributed by atoms with Crippen molar-refractivity contribution >= 4 is 5.97 Å². The molecule has 4 saturated heterocycles. The second-order valence-electron chi connectivity index (χ2n) is 20.2. The Balaban J connectivity index is 1.05. The fourth-order valence-corrected chi connectivity index (χ4v) is 12.6. The molecule has 0 amide bonds. The largest absolute Gasteiger partial charge is 0.432 e. The Hall–Kier alpha value is -1.59. The Morgan fingerprint density at radius 1 is 0.576 bits per heavy atom. The van der Waals surface area contributed by atoms with Gasteiger partial charge in [0.25, 0.3) is 0 Å². The lowest BCUT2D eigenvalue weighted by molar-refractivity contribution is -0.363. The van der Waals surface area contributed by atoms with Crippen molar-refractivity contribution in [3.63, 3.8) is 0 Å². The molecule has 4 heterocycles. The summed E-state index contributed by atoms with van der Waals surface area (Å²) in [5.41, 5.74) is -0.552. The molecule has 380 valence electrons. The third kappa shape index (κ3) is 9.62. The molecule has 0 aromatic heterocycles. The van der Waals surface area contributed by atoms with Crippen molar-refractivity contribution in [2.45, 2.75) is 194 Å². The zero-order chi connectivity index (χ0) is 48.2. The smallest absolute Gasteiger partial charge is 0.314 e. The Morgan fingerprint density at radius 3 is 1.64 bits per heavy atom. The van der Waals surface area contributed by atoms with E-state index in [-0.39, 0.29) is 35.5 Å². The van der Waals surface area contributed by atoms with Gasteiger partial charge in [-0.1, -0.05) is 25.5 Å². The summed E-state index contributed by atoms with van der Waals surface area (Å²) in [6.07, 6.45) is -26.4. The van der Waals surface area contributed by atoms with Gasteiger partial charge in [0.15, 0.2) is 18.7 Å². The van der Waals surface area contributed by atoms with Crippen molar-refractivity contribution in [1.82, 2.24) is 0 Å². The van der Waals surface area contributed by atoms with Crippen LogP contribution in [0.1, 0.15) is 71.6 Å². The molecular formula is C44H72O22. The highest BCUT2D eigenvalue weighted by atomic mass is 16.8. The predicted molar refractivity (Wildman–Crippen MR) is 220 cm³/mol. The van der Waals surface area contributed by atoms with Gasteiger partial charge in [0, 0.05) is 0 Å². The molecular weight excluding hydrogens is 880 g/mol. The lowest BCUT2D eigenvalue weighted by Crippen LogP contribution is -2.65. The summed E-state index contributed by atoms with van der Waals surface area (Å²) < 4.78 is 40.5. The average molecular weight is 953 g/mol. The monoisotopic (exact) mass is 952 g/mol. The van der Waals surface area contributed by atoms with Crippen molar-refractivity contribution < 1.29 is 109 Å². The van der Waals surface area contributed by atoms with E-state index in [4.69, 9.17) is 33.2 Å². The normalized spacial score (nSPS) is 52.5. The maximum Gasteiger partial charge on any atom is 0.314 e. The maximum absolute atomic E-state index is 14.6. The zero-order valence-electron chi connectivity index (χ0n) is 37.3. The van der Waals surface area contributed by atoms with Gasteiger partial charge in [0.2, 0.25) is 6.29 Å². The van der Waals surface area contributed by atoms with Crippen LogP contribution in [0.5, 0.6) is 0 Å². The zero-order valence-corrected chi connectivity index (χ0v) is 37.3. The Kier molecular flexibility index (Phi) is 16.6. The first-order valence-electron chi connectivity index (χ1n) is 23.3. The van der Waals surface area contributed by atoms with E-state index >= 15 is 0 Å². The van der Waals surface area contributed by atoms with Gasteiger partial charge in [-0.15, -0.1) is 0 Å². The molecule has 26 atom stereocenters. The molecule has 0 spiro atoms. The second-order valence-corrected chi connectivity index (χ2v) is 20.2. The number of allylic oxidation sites excluding steroid dienone is 1. The van der Waals surface area contributed by atoms with Gasteiger partial charge in [-0.3, -0.25) is 4.79 Å². The Morgan fingerprint density at radius 2 is 1.08 bits per heavy atom. The standard InChI is InChI=1S/C44H72O22/c1-17-11-19-6-8-26-43(2,20(19)7-5-18(17)12-21-30(52)37(31(53)25(16-48)60-21)64-39-35(57)32(54)27(49)22(13-45)61-39)9-4-10-44(26,3)42(59)66-41-38(34(56)29(51)24(15-47)63-41)65-40-36(58)33(55)28(50)23(14-46)62-40/h18-41,45-58H,1,4-16H2,2-3H3/t18?,19?,20-,21?,22?,23?,24?,25?,26?,27?,28?,29?,30?,31?,32?,33?,34?,35?,36?,37?,38?,39?,40?,41?,43+,44-/m1/s1. The van der Waals surface area contributed by atoms with Gasteiger partial charge in [-0.2, -0.15) is 0 Å². The quantitative estimate of drug-likeness (QED) is 0.0647. The van der Waals surface area contributed by atoms with Gasteiger partial charge < -0.3 is 105 Å². The number of esters is 1. The highest BCUT2D eigenvalue weighted by Crippen LogP contribution is 2.64. The first kappa shape index (κ1) is 52.2. The maximum atomic E-state index is 14.6. The molecule has 3 aliphatic carbocycles. The second kappa shape index (κ2) is 21.0. The number of carbonyl (C=O) groups excluding carboxylic acids is 1. The molecule has 4 aliphatic heterocycles. The highest BCUT2D eigenvalue weighted by molar-refractivity contribution is 5.77. The van der Waals surface area contributed by atoms with E-state index in [2.05, 4.69) is 13.5 Å². The van der Waals surface area contributed by atoms with Crippen LogP contribution in [-0.2, 0) is 38.0 Å². The van der Waals surface area contributed by atoms with Crippen LogP contribution in [0.2, 0.25) is 0 Å². The molecule has 66 heavy (non-hydrogen) atoms. The Bertz CT molecular complexity index is 1640. The van der Waals surface area contributed by atoms with Crippen LogP contribution in [0.25, 0.3) is 0 Å². The van der Waals surface area contributed by atoms with Gasteiger partial charge >= 0.3 is 5.97 Å². The van der Waals surface area contributed by atoms with Gasteiger partial charge in [0.05, 0.1) is 37.9 Å². The molecule has 7 rings (SSSR count). The van der Waals surface area contributed by atoms with E-state index in [1.807, 2.05) is 6.92 Å². The van der Waals surface area contributed by atoms with E-state index in [0.29, 0.717) is 32.1 Å². The predicted octanol–water partition coefficient (Wildman–Crippen LogP) is -4.59. The fourth-order valence-electron chi connectivity index (χ4n) is 12.6. The third-order valence-electron chi connectivity index (χ3n) is 16.4. The average Bonchev–Trinajstić information content (AvgIpc) is 3.46. The lowest BCUT2D eigenvalue weighted by Gasteiger charge is -2.59. The summed E-state index contributed by atoms with van der Waals surface area (Å²) in [5, 5.41) is 147. The molecule has 22 heteroatoms.